The van der Waals surface area contributed by atoms with Gasteiger partial charge in [-0.15, -0.1) is 0 Å². The number of carbonyl (C=O) groups is 2. The Hall–Kier alpha value is -4.64. The average Bonchev–Trinajstić information content (AvgIpc) is 4.05. The second-order valence-electron chi connectivity index (χ2n) is 17.4. The highest BCUT2D eigenvalue weighted by atomic mass is 31.2. The van der Waals surface area contributed by atoms with Gasteiger partial charge in [-0.1, -0.05) is 59.7 Å². The smallest absolute Gasteiger partial charge is 0.330 e. The zero-order valence-electron chi connectivity index (χ0n) is 35.4. The number of aromatic nitrogens is 8. The molecule has 1 unspecified atom stereocenters. The number of nitrogens with one attached hydrogen (secondary N) is 3. The molecule has 0 aliphatic carbocycles. The minimum Gasteiger partial charge on any atom is -0.408 e. The highest BCUT2D eigenvalue weighted by Gasteiger charge is 2.65. The number of hydrogen-bond donors (Lipinski definition) is 4. The van der Waals surface area contributed by atoms with Crippen LogP contribution in [0.5, 0.6) is 0 Å². The number of nitrogens with zero attached hydrogens (tertiary/aromatic N) is 7. The van der Waals surface area contributed by atoms with Gasteiger partial charge in [0.15, 0.2) is 55.1 Å². The summed E-state index contributed by atoms with van der Waals surface area (Å²) in [5.74, 6) is -1.07. The van der Waals surface area contributed by atoms with E-state index >= 15 is 4.39 Å². The fraction of sp³-hybridized carbons (Fsp3) is 0.538. The van der Waals surface area contributed by atoms with Crippen molar-refractivity contribution in [3.63, 3.8) is 0 Å². The molecule has 2 amide bonds. The van der Waals surface area contributed by atoms with Gasteiger partial charge in [-0.3, -0.25) is 33.8 Å². The Morgan fingerprint density at radius 1 is 1.06 bits per heavy atom. The third kappa shape index (κ3) is 8.07. The van der Waals surface area contributed by atoms with Crippen LogP contribution in [-0.4, -0.2) is 113 Å². The van der Waals surface area contributed by atoms with Crippen LogP contribution in [0, 0.1) is 5.92 Å². The highest BCUT2D eigenvalue weighted by Crippen LogP contribution is 2.53. The number of rotatable bonds is 14. The van der Waals surface area contributed by atoms with Gasteiger partial charge < -0.3 is 37.9 Å². The molecular formula is C39H50FN10O10PSi. The molecule has 20 nitrogen and oxygen atoms in total. The molecule has 3 saturated heterocycles. The van der Waals surface area contributed by atoms with E-state index in [0.29, 0.717) is 16.7 Å². The van der Waals surface area contributed by atoms with Crippen molar-refractivity contribution in [2.45, 2.75) is 115 Å². The van der Waals surface area contributed by atoms with E-state index in [1.807, 2.05) is 6.07 Å². The molecular weight excluding hydrogens is 847 g/mol. The predicted octanol–water partition coefficient (Wildman–Crippen LogP) is 5.13. The number of anilines is 2. The lowest BCUT2D eigenvalue weighted by Gasteiger charge is -2.40. The molecule has 4 N–H and O–H groups in total. The zero-order valence-corrected chi connectivity index (χ0v) is 37.3. The molecule has 9 atom stereocenters. The summed E-state index contributed by atoms with van der Waals surface area (Å²) in [4.78, 5) is 74.2. The van der Waals surface area contributed by atoms with Crippen molar-refractivity contribution in [1.29, 1.82) is 0 Å². The number of H-pyrrole nitrogens is 1. The molecule has 3 fully saturated rings. The molecule has 23 heteroatoms. The molecule has 5 aromatic rings. The van der Waals surface area contributed by atoms with Crippen molar-refractivity contribution in [2.24, 2.45) is 5.92 Å². The fourth-order valence-corrected chi connectivity index (χ4v) is 9.53. The minimum atomic E-state index is -2.81. The first-order chi connectivity index (χ1) is 29.4. The third-order valence-corrected chi connectivity index (χ3v) is 17.1. The van der Waals surface area contributed by atoms with Gasteiger partial charge in [0.1, 0.15) is 30.2 Å². The molecule has 0 spiro atoms. The average molecular weight is 897 g/mol. The van der Waals surface area contributed by atoms with Gasteiger partial charge in [0.05, 0.1) is 32.0 Å². The maximum absolute atomic E-state index is 16.2. The van der Waals surface area contributed by atoms with E-state index in [9.17, 15) is 19.3 Å². The largest absolute Gasteiger partial charge is 0.408 e. The first-order valence-electron chi connectivity index (χ1n) is 20.3. The van der Waals surface area contributed by atoms with Crippen molar-refractivity contribution in [3.05, 3.63) is 65.2 Å². The zero-order chi connectivity index (χ0) is 44.3. The lowest BCUT2D eigenvalue weighted by molar-refractivity contribution is -0.183. The van der Waals surface area contributed by atoms with E-state index < -0.39 is 77.0 Å². The van der Waals surface area contributed by atoms with Gasteiger partial charge in [-0.05, 0) is 36.7 Å². The molecule has 3 aliphatic heterocycles. The molecule has 2 bridgehead atoms. The number of ether oxygens (including phenoxy) is 3. The molecule has 4 aromatic heterocycles. The lowest BCUT2D eigenvalue weighted by Crippen LogP contribution is -2.53. The summed E-state index contributed by atoms with van der Waals surface area (Å²) in [6.45, 7) is 15.4. The first kappa shape index (κ1) is 44.0. The number of carbonyl (C=O) groups excluding carboxylic acids is 2. The van der Waals surface area contributed by atoms with Gasteiger partial charge in [-0.2, -0.15) is 4.98 Å². The maximum Gasteiger partial charge on any atom is 0.330 e. The third-order valence-electron chi connectivity index (χ3n) is 11.9. The minimum absolute atomic E-state index is 0.00518. The Morgan fingerprint density at radius 2 is 1.77 bits per heavy atom. The Morgan fingerprint density at radius 3 is 2.47 bits per heavy atom. The quantitative estimate of drug-likeness (QED) is 0.0835. The summed E-state index contributed by atoms with van der Waals surface area (Å²) >= 11 is 0. The van der Waals surface area contributed by atoms with Crippen LogP contribution in [0.1, 0.15) is 70.8 Å². The van der Waals surface area contributed by atoms with E-state index in [4.69, 9.17) is 27.7 Å². The van der Waals surface area contributed by atoms with Gasteiger partial charge in [0.25, 0.3) is 11.5 Å². The van der Waals surface area contributed by atoms with E-state index in [1.54, 1.807) is 49.6 Å². The topological polar surface area (TPSA) is 241 Å². The summed E-state index contributed by atoms with van der Waals surface area (Å²) in [5, 5.41) is 5.18. The number of aromatic amines is 1. The normalized spacial score (nSPS) is 26.8. The van der Waals surface area contributed by atoms with Crippen LogP contribution in [0.2, 0.25) is 18.1 Å². The number of hydrogen-bond acceptors (Lipinski definition) is 15. The Kier molecular flexibility index (Phi) is 11.9. The Bertz CT molecular complexity index is 2520. The Balaban J connectivity index is 1.05. The molecule has 1 aromatic carbocycles. The van der Waals surface area contributed by atoms with Crippen LogP contribution in [0.15, 0.2) is 54.1 Å². The number of amides is 2. The van der Waals surface area contributed by atoms with E-state index in [2.05, 4.69) is 74.4 Å². The number of imidazole rings is 2. The van der Waals surface area contributed by atoms with Crippen LogP contribution in [0.25, 0.3) is 22.3 Å². The number of fused-ring (bicyclic) bond motifs is 4. The monoisotopic (exact) mass is 896 g/mol. The molecule has 332 valence electrons. The fourth-order valence-electron chi connectivity index (χ4n) is 7.37. The van der Waals surface area contributed by atoms with Crippen LogP contribution in [-0.2, 0) is 32.5 Å². The van der Waals surface area contributed by atoms with Gasteiger partial charge in [0, 0.05) is 11.5 Å². The molecule has 62 heavy (non-hydrogen) atoms. The maximum atomic E-state index is 16.2. The van der Waals surface area contributed by atoms with Gasteiger partial charge >= 0.3 is 8.60 Å². The van der Waals surface area contributed by atoms with Gasteiger partial charge in [-0.25, -0.2) is 24.3 Å². The summed E-state index contributed by atoms with van der Waals surface area (Å²) in [6, 6.07) is 8.71. The molecule has 3 aliphatic rings. The number of halogens is 1. The lowest BCUT2D eigenvalue weighted by atomic mass is 10.0. The molecule has 0 saturated carbocycles. The van der Waals surface area contributed by atoms with Crippen LogP contribution in [0.3, 0.4) is 0 Å². The predicted molar refractivity (Wildman–Crippen MR) is 225 cm³/mol. The summed E-state index contributed by atoms with van der Waals surface area (Å²) in [6.07, 6.45) is -3.18. The van der Waals surface area contributed by atoms with E-state index in [-0.39, 0.29) is 59.4 Å². The van der Waals surface area contributed by atoms with Crippen molar-refractivity contribution in [1.82, 2.24) is 39.0 Å². The van der Waals surface area contributed by atoms with Crippen molar-refractivity contribution < 1.29 is 46.6 Å². The molecule has 7 heterocycles. The summed E-state index contributed by atoms with van der Waals surface area (Å²) < 4.78 is 57.5. The standard InChI is InChI=1S/C39H50FN10O10PSi/c1-9-22-23(40)26(35(57-22)50-19-44-25-31(50)46-37(48-34(25)53)47-32(51)20(2)3)59-61(54)56-16-39-15-55-27(28(39)60-62(7,8)38(4,5)6)36(58-39)49-18-43-24-29(41-17-42-30(24)49)45-33(52)21-13-11-10-12-14-21/h10-14,17-20,22-23,26-28,35-36,54H,9,15-16H2,1-8H3,(H,41,42,45,52)(H2,46,47,48,51,53)/t22-,23+,26-,27-,28+,35-,36-,39-,61?/m1/s1. The SMILES string of the molecule is CC[C@H]1O[C@@H](n2cnc3c(=O)[nH]c(NC(=O)C(C)C)nc32)[C@H](OP(O)OC[C@@]23CO[C@@H]([C@H](n4cnc5c(NC(=O)c6ccccc6)ncnc54)O2)[C@@H]3O[Si](C)(C)C(C)(C)C)[C@H]1F. The number of alkyl halides is 1. The molecule has 8 rings (SSSR count). The summed E-state index contributed by atoms with van der Waals surface area (Å²) in [7, 11) is -5.32. The van der Waals surface area contributed by atoms with Crippen LogP contribution < -0.4 is 16.2 Å². The summed E-state index contributed by atoms with van der Waals surface area (Å²) in [5.41, 5.74) is -0.849. The second kappa shape index (κ2) is 16.8. The van der Waals surface area contributed by atoms with Crippen molar-refractivity contribution in [2.75, 3.05) is 23.8 Å². The Labute approximate surface area is 357 Å². The second-order valence-corrected chi connectivity index (χ2v) is 23.1. The van der Waals surface area contributed by atoms with Crippen molar-refractivity contribution >= 4 is 62.8 Å². The number of benzene rings is 1. The molecule has 0 radical (unpaired) electrons. The van der Waals surface area contributed by atoms with E-state index in [1.165, 1.54) is 23.5 Å². The van der Waals surface area contributed by atoms with Crippen molar-refractivity contribution in [3.8, 4) is 0 Å². The van der Waals surface area contributed by atoms with Crippen LogP contribution in [0.4, 0.5) is 16.2 Å². The van der Waals surface area contributed by atoms with Gasteiger partial charge in [0.2, 0.25) is 11.9 Å². The van der Waals surface area contributed by atoms with E-state index in [0.717, 1.165) is 0 Å². The van der Waals surface area contributed by atoms with Crippen LogP contribution >= 0.6 is 8.60 Å². The highest BCUT2D eigenvalue weighted by molar-refractivity contribution is 7.40. The first-order valence-corrected chi connectivity index (χ1v) is 24.3.